The number of sulfonamides is 1. The minimum absolute atomic E-state index is 0.0163. The number of hydrogen-bond donors (Lipinski definition) is 1. The lowest BCUT2D eigenvalue weighted by molar-refractivity contribution is -0.113. The molecule has 1 unspecified atom stereocenters. The van der Waals surface area contributed by atoms with Gasteiger partial charge in [-0.2, -0.15) is 13.2 Å². The lowest BCUT2D eigenvalue weighted by Crippen LogP contribution is -2.41. The van der Waals surface area contributed by atoms with Crippen LogP contribution in [0.5, 0.6) is 0 Å². The van der Waals surface area contributed by atoms with Crippen LogP contribution in [0, 0.1) is 18.2 Å². The Labute approximate surface area is 190 Å². The van der Waals surface area contributed by atoms with Crippen LogP contribution in [-0.4, -0.2) is 36.4 Å². The number of benzene rings is 1. The SMILES string of the molecule is C#Cc1cc(CN2C(C(F)(F)F)=CC=C(CC=C)C2SC(C)C)cc(F)c1NS(C)(=O)=O. The third kappa shape index (κ3) is 6.56. The van der Waals surface area contributed by atoms with Crippen LogP contribution in [0.4, 0.5) is 23.2 Å². The van der Waals surface area contributed by atoms with E-state index in [1.54, 1.807) is 6.08 Å². The van der Waals surface area contributed by atoms with Crippen LogP contribution in [-0.2, 0) is 16.6 Å². The number of nitrogens with one attached hydrogen (secondary N) is 1. The molecule has 0 saturated heterocycles. The number of anilines is 1. The summed E-state index contributed by atoms with van der Waals surface area (Å²) in [6.45, 7) is 7.15. The highest BCUT2D eigenvalue weighted by atomic mass is 32.2. The maximum atomic E-state index is 14.7. The van der Waals surface area contributed by atoms with Gasteiger partial charge in [0.05, 0.1) is 22.9 Å². The zero-order valence-corrected chi connectivity index (χ0v) is 19.5. The van der Waals surface area contributed by atoms with Gasteiger partial charge in [-0.3, -0.25) is 4.72 Å². The smallest absolute Gasteiger partial charge is 0.347 e. The van der Waals surface area contributed by atoms with Crippen LogP contribution in [0.25, 0.3) is 0 Å². The van der Waals surface area contributed by atoms with Crippen molar-refractivity contribution in [2.24, 2.45) is 0 Å². The molecule has 4 nitrogen and oxygen atoms in total. The minimum Gasteiger partial charge on any atom is -0.347 e. The zero-order chi connectivity index (χ0) is 24.3. The molecule has 0 radical (unpaired) electrons. The van der Waals surface area contributed by atoms with Crippen molar-refractivity contribution in [3.05, 3.63) is 65.2 Å². The first kappa shape index (κ1) is 25.9. The second-order valence-corrected chi connectivity index (χ2v) is 10.9. The summed E-state index contributed by atoms with van der Waals surface area (Å²) in [6.07, 6.45) is 6.10. The van der Waals surface area contributed by atoms with Gasteiger partial charge in [-0.25, -0.2) is 12.8 Å². The van der Waals surface area contributed by atoms with Gasteiger partial charge in [-0.15, -0.1) is 24.8 Å². The first-order chi connectivity index (χ1) is 14.8. The maximum Gasteiger partial charge on any atom is 0.431 e. The first-order valence-corrected chi connectivity index (χ1v) is 12.4. The number of alkyl halides is 3. The molecule has 10 heteroatoms. The van der Waals surface area contributed by atoms with Crippen LogP contribution in [0.2, 0.25) is 0 Å². The Hall–Kier alpha value is -2.38. The third-order valence-corrected chi connectivity index (χ3v) is 6.32. The lowest BCUT2D eigenvalue weighted by atomic mass is 10.0. The van der Waals surface area contributed by atoms with Crippen molar-refractivity contribution in [3.8, 4) is 12.3 Å². The van der Waals surface area contributed by atoms with E-state index in [0.29, 0.717) is 6.42 Å². The van der Waals surface area contributed by atoms with E-state index >= 15 is 0 Å². The lowest BCUT2D eigenvalue weighted by Gasteiger charge is -2.40. The third-order valence-electron chi connectivity index (χ3n) is 4.38. The number of nitrogens with zero attached hydrogens (tertiary/aromatic N) is 1. The highest BCUT2D eigenvalue weighted by Crippen LogP contribution is 2.41. The Morgan fingerprint density at radius 2 is 2.00 bits per heavy atom. The molecule has 0 saturated carbocycles. The molecule has 0 aromatic heterocycles. The molecule has 0 amide bonds. The van der Waals surface area contributed by atoms with Crippen LogP contribution >= 0.6 is 11.8 Å². The van der Waals surface area contributed by atoms with Gasteiger partial charge < -0.3 is 4.90 Å². The molecular formula is C22H24F4N2O2S2. The Balaban J connectivity index is 2.56. The fourth-order valence-corrected chi connectivity index (χ4v) is 5.00. The summed E-state index contributed by atoms with van der Waals surface area (Å²) in [7, 11) is -3.81. The van der Waals surface area contributed by atoms with Crippen LogP contribution in [0.3, 0.4) is 0 Å². The molecule has 1 atom stereocenters. The fraction of sp³-hybridized carbons (Fsp3) is 0.364. The van der Waals surface area contributed by atoms with Crippen LogP contribution < -0.4 is 4.72 Å². The molecule has 174 valence electrons. The summed E-state index contributed by atoms with van der Waals surface area (Å²) in [5, 5.41) is -0.636. The van der Waals surface area contributed by atoms with E-state index in [2.05, 4.69) is 12.5 Å². The zero-order valence-electron chi connectivity index (χ0n) is 17.8. The van der Waals surface area contributed by atoms with E-state index in [0.717, 1.165) is 24.0 Å². The largest absolute Gasteiger partial charge is 0.431 e. The van der Waals surface area contributed by atoms with E-state index in [1.807, 2.05) is 18.6 Å². The second-order valence-electron chi connectivity index (χ2n) is 7.47. The van der Waals surface area contributed by atoms with Crippen LogP contribution in [0.15, 0.2) is 48.2 Å². The normalized spacial score (nSPS) is 17.0. The number of hydrogen-bond acceptors (Lipinski definition) is 4. The van der Waals surface area contributed by atoms with Crippen molar-refractivity contribution in [1.82, 2.24) is 4.90 Å². The molecule has 1 aromatic rings. The molecule has 0 fully saturated rings. The van der Waals surface area contributed by atoms with Gasteiger partial charge in [0.25, 0.3) is 0 Å². The van der Waals surface area contributed by atoms with E-state index < -0.39 is 38.8 Å². The molecule has 1 aliphatic rings. The summed E-state index contributed by atoms with van der Waals surface area (Å²) in [6, 6.07) is 2.30. The van der Waals surface area contributed by atoms with Gasteiger partial charge in [0.15, 0.2) is 0 Å². The standard InChI is InChI=1S/C22H24F4N2O2S2/c1-6-8-17-9-10-19(22(24,25)26)28(21(17)31-14(3)4)13-15-11-16(7-2)20(18(23)12-15)27-32(5,29)30/h2,6,9-12,14,21,27H,1,8,13H2,3-5H3. The number of rotatable bonds is 8. The van der Waals surface area contributed by atoms with Crippen molar-refractivity contribution in [2.75, 3.05) is 11.0 Å². The Morgan fingerprint density at radius 1 is 1.34 bits per heavy atom. The number of allylic oxidation sites excluding steroid dienone is 4. The quantitative estimate of drug-likeness (QED) is 0.302. The summed E-state index contributed by atoms with van der Waals surface area (Å²) >= 11 is 1.34. The van der Waals surface area contributed by atoms with Crippen molar-refractivity contribution in [2.45, 2.75) is 43.6 Å². The van der Waals surface area contributed by atoms with Gasteiger partial charge in [0.1, 0.15) is 11.5 Å². The molecule has 0 spiro atoms. The van der Waals surface area contributed by atoms with E-state index in [9.17, 15) is 26.0 Å². The average Bonchev–Trinajstić information content (AvgIpc) is 2.64. The molecule has 1 aliphatic heterocycles. The molecular weight excluding hydrogens is 464 g/mol. The van der Waals surface area contributed by atoms with Crippen LogP contribution in [0.1, 0.15) is 31.4 Å². The van der Waals surface area contributed by atoms with Gasteiger partial charge in [0, 0.05) is 11.8 Å². The average molecular weight is 489 g/mol. The highest BCUT2D eigenvalue weighted by Gasteiger charge is 2.42. The molecule has 32 heavy (non-hydrogen) atoms. The maximum absolute atomic E-state index is 14.7. The van der Waals surface area contributed by atoms with Crippen molar-refractivity contribution in [1.29, 1.82) is 0 Å². The summed E-state index contributed by atoms with van der Waals surface area (Å²) in [4.78, 5) is 1.17. The molecule has 1 heterocycles. The predicted molar refractivity (Wildman–Crippen MR) is 122 cm³/mol. The minimum atomic E-state index is -4.63. The van der Waals surface area contributed by atoms with Gasteiger partial charge in [0.2, 0.25) is 10.0 Å². The summed E-state index contributed by atoms with van der Waals surface area (Å²) in [5.74, 6) is 1.23. The van der Waals surface area contributed by atoms with Gasteiger partial charge >= 0.3 is 6.18 Å². The van der Waals surface area contributed by atoms with Gasteiger partial charge in [-0.05, 0) is 35.8 Å². The highest BCUT2D eigenvalue weighted by molar-refractivity contribution is 8.00. The number of terminal acetylenes is 1. The van der Waals surface area contributed by atoms with Crippen molar-refractivity contribution in [3.63, 3.8) is 0 Å². The molecule has 1 aromatic carbocycles. The van der Waals surface area contributed by atoms with Gasteiger partial charge in [-0.1, -0.05) is 31.9 Å². The Bertz CT molecular complexity index is 1080. The topological polar surface area (TPSA) is 49.4 Å². The fourth-order valence-electron chi connectivity index (χ4n) is 3.22. The first-order valence-electron chi connectivity index (χ1n) is 9.54. The summed E-state index contributed by atoms with van der Waals surface area (Å²) < 4.78 is 81.3. The van der Waals surface area contributed by atoms with E-state index in [-0.39, 0.29) is 22.9 Å². The molecule has 1 N–H and O–H groups in total. The molecule has 2 rings (SSSR count). The van der Waals surface area contributed by atoms with Crippen molar-refractivity contribution >= 4 is 27.5 Å². The van der Waals surface area contributed by atoms with E-state index in [4.69, 9.17) is 6.42 Å². The Morgan fingerprint density at radius 3 is 2.50 bits per heavy atom. The summed E-state index contributed by atoms with van der Waals surface area (Å²) in [5.41, 5.74) is -0.456. The van der Waals surface area contributed by atoms with Crippen molar-refractivity contribution < 1.29 is 26.0 Å². The number of halogens is 4. The molecule has 0 aliphatic carbocycles. The predicted octanol–water partition coefficient (Wildman–Crippen LogP) is 5.41. The van der Waals surface area contributed by atoms with E-state index in [1.165, 1.54) is 28.8 Å². The monoisotopic (exact) mass is 488 g/mol. The molecule has 0 bridgehead atoms. The number of thioether (sulfide) groups is 1. The second kappa shape index (κ2) is 10.0. The Kier molecular flexibility index (Phi) is 8.12.